The van der Waals surface area contributed by atoms with E-state index in [2.05, 4.69) is 43.5 Å². The summed E-state index contributed by atoms with van der Waals surface area (Å²) in [6.07, 6.45) is 2.63. The molecule has 0 aromatic carbocycles. The number of hydrogen-bond donors (Lipinski definition) is 2. The number of nitrogens with one attached hydrogen (secondary N) is 2. The van der Waals surface area contributed by atoms with Crippen molar-refractivity contribution in [2.24, 2.45) is 5.92 Å². The van der Waals surface area contributed by atoms with Gasteiger partial charge >= 0.3 is 0 Å². The molecule has 4 nitrogen and oxygen atoms in total. The monoisotopic (exact) mass is 243 g/mol. The highest BCUT2D eigenvalue weighted by atomic mass is 16.1. The molecular formula is C13H29N3O. The number of nitrogens with zero attached hydrogens (tertiary/aromatic N) is 1. The SMILES string of the molecule is CNCCCC(=O)NCC(CC(C)C)N(C)C. The average Bonchev–Trinajstić information content (AvgIpc) is 2.23. The molecule has 0 bridgehead atoms. The molecule has 0 spiro atoms. The van der Waals surface area contributed by atoms with Crippen LogP contribution in [0.2, 0.25) is 0 Å². The first kappa shape index (κ1) is 16.4. The Bertz CT molecular complexity index is 205. The van der Waals surface area contributed by atoms with E-state index in [0.29, 0.717) is 18.4 Å². The molecule has 1 amide bonds. The van der Waals surface area contributed by atoms with Crippen LogP contribution in [-0.4, -0.2) is 51.1 Å². The Morgan fingerprint density at radius 1 is 1.29 bits per heavy atom. The largest absolute Gasteiger partial charge is 0.355 e. The van der Waals surface area contributed by atoms with E-state index in [1.165, 1.54) is 0 Å². The fourth-order valence-corrected chi connectivity index (χ4v) is 1.77. The Kier molecular flexibility index (Phi) is 9.09. The fourth-order valence-electron chi connectivity index (χ4n) is 1.77. The van der Waals surface area contributed by atoms with Crippen molar-refractivity contribution in [1.29, 1.82) is 0 Å². The number of likely N-dealkylation sites (N-methyl/N-ethyl adjacent to an activating group) is 1. The topological polar surface area (TPSA) is 44.4 Å². The Morgan fingerprint density at radius 2 is 1.94 bits per heavy atom. The van der Waals surface area contributed by atoms with Gasteiger partial charge in [0.15, 0.2) is 0 Å². The number of hydrogen-bond acceptors (Lipinski definition) is 3. The highest BCUT2D eigenvalue weighted by Crippen LogP contribution is 2.08. The summed E-state index contributed by atoms with van der Waals surface area (Å²) in [7, 11) is 6.04. The van der Waals surface area contributed by atoms with Gasteiger partial charge in [-0.25, -0.2) is 0 Å². The second-order valence-corrected chi connectivity index (χ2v) is 5.26. The predicted octanol–water partition coefficient (Wildman–Crippen LogP) is 1.08. The van der Waals surface area contributed by atoms with Crippen LogP contribution in [0, 0.1) is 5.92 Å². The van der Waals surface area contributed by atoms with Crippen molar-refractivity contribution in [3.05, 3.63) is 0 Å². The van der Waals surface area contributed by atoms with Crippen LogP contribution >= 0.6 is 0 Å². The third kappa shape index (κ3) is 9.12. The molecule has 102 valence electrons. The molecule has 0 saturated heterocycles. The lowest BCUT2D eigenvalue weighted by Gasteiger charge is -2.26. The zero-order chi connectivity index (χ0) is 13.3. The number of amides is 1. The smallest absolute Gasteiger partial charge is 0.220 e. The molecule has 4 heteroatoms. The number of carbonyl (C=O) groups is 1. The van der Waals surface area contributed by atoms with Crippen LogP contribution in [0.3, 0.4) is 0 Å². The van der Waals surface area contributed by atoms with E-state index >= 15 is 0 Å². The summed E-state index contributed by atoms with van der Waals surface area (Å²) in [6, 6.07) is 0.434. The van der Waals surface area contributed by atoms with Gasteiger partial charge in [0.25, 0.3) is 0 Å². The molecule has 1 unspecified atom stereocenters. The minimum absolute atomic E-state index is 0.163. The van der Waals surface area contributed by atoms with Gasteiger partial charge in [-0.3, -0.25) is 4.79 Å². The number of rotatable bonds is 9. The summed E-state index contributed by atoms with van der Waals surface area (Å²) >= 11 is 0. The summed E-state index contributed by atoms with van der Waals surface area (Å²) in [5, 5.41) is 6.06. The van der Waals surface area contributed by atoms with Crippen LogP contribution in [0.25, 0.3) is 0 Å². The van der Waals surface area contributed by atoms with Crippen LogP contribution in [0.15, 0.2) is 0 Å². The lowest BCUT2D eigenvalue weighted by Crippen LogP contribution is -2.41. The molecule has 0 heterocycles. The molecule has 17 heavy (non-hydrogen) atoms. The molecule has 0 radical (unpaired) electrons. The van der Waals surface area contributed by atoms with Crippen molar-refractivity contribution < 1.29 is 4.79 Å². The molecule has 0 aromatic rings. The van der Waals surface area contributed by atoms with E-state index in [4.69, 9.17) is 0 Å². The summed E-state index contributed by atoms with van der Waals surface area (Å²) in [5.41, 5.74) is 0. The summed E-state index contributed by atoms with van der Waals surface area (Å²) in [5.74, 6) is 0.819. The van der Waals surface area contributed by atoms with Crippen LogP contribution in [0.1, 0.15) is 33.1 Å². The van der Waals surface area contributed by atoms with E-state index in [-0.39, 0.29) is 5.91 Å². The maximum atomic E-state index is 11.6. The molecule has 1 atom stereocenters. The van der Waals surface area contributed by atoms with Gasteiger partial charge in [-0.05, 0) is 46.4 Å². The Hall–Kier alpha value is -0.610. The fraction of sp³-hybridized carbons (Fsp3) is 0.923. The molecule has 0 rings (SSSR count). The Balaban J connectivity index is 3.83. The number of carbonyl (C=O) groups excluding carboxylic acids is 1. The molecular weight excluding hydrogens is 214 g/mol. The van der Waals surface area contributed by atoms with E-state index < -0.39 is 0 Å². The van der Waals surface area contributed by atoms with Crippen molar-refractivity contribution in [1.82, 2.24) is 15.5 Å². The van der Waals surface area contributed by atoms with Crippen LogP contribution in [0.5, 0.6) is 0 Å². The molecule has 0 fully saturated rings. The van der Waals surface area contributed by atoms with Gasteiger partial charge in [0, 0.05) is 19.0 Å². The van der Waals surface area contributed by atoms with E-state index in [1.807, 2.05) is 7.05 Å². The minimum Gasteiger partial charge on any atom is -0.355 e. The zero-order valence-electron chi connectivity index (χ0n) is 12.0. The summed E-state index contributed by atoms with van der Waals surface area (Å²) in [6.45, 7) is 6.08. The first-order chi connectivity index (χ1) is 7.97. The maximum Gasteiger partial charge on any atom is 0.220 e. The van der Waals surface area contributed by atoms with Crippen molar-refractivity contribution >= 4 is 5.91 Å². The van der Waals surface area contributed by atoms with Crippen molar-refractivity contribution in [2.45, 2.75) is 39.2 Å². The van der Waals surface area contributed by atoms with Gasteiger partial charge in [0.1, 0.15) is 0 Å². The van der Waals surface area contributed by atoms with E-state index in [9.17, 15) is 4.79 Å². The third-order valence-corrected chi connectivity index (χ3v) is 2.84. The molecule has 0 aliphatic rings. The van der Waals surface area contributed by atoms with Crippen molar-refractivity contribution in [2.75, 3.05) is 34.2 Å². The van der Waals surface area contributed by atoms with Gasteiger partial charge in [0.2, 0.25) is 5.91 Å². The Morgan fingerprint density at radius 3 is 2.41 bits per heavy atom. The van der Waals surface area contributed by atoms with Gasteiger partial charge in [0.05, 0.1) is 0 Å². The molecule has 0 aromatic heterocycles. The zero-order valence-corrected chi connectivity index (χ0v) is 12.0. The predicted molar refractivity (Wildman–Crippen MR) is 73.1 cm³/mol. The standard InChI is InChI=1S/C13H29N3O/c1-11(2)9-12(16(4)5)10-15-13(17)7-6-8-14-3/h11-12,14H,6-10H2,1-5H3,(H,15,17). The van der Waals surface area contributed by atoms with Gasteiger partial charge < -0.3 is 15.5 Å². The molecule has 2 N–H and O–H groups in total. The molecule has 0 aliphatic carbocycles. The van der Waals surface area contributed by atoms with Crippen molar-refractivity contribution in [3.8, 4) is 0 Å². The third-order valence-electron chi connectivity index (χ3n) is 2.84. The lowest BCUT2D eigenvalue weighted by atomic mass is 10.0. The molecule has 0 aliphatic heterocycles. The first-order valence-electron chi connectivity index (χ1n) is 6.55. The second-order valence-electron chi connectivity index (χ2n) is 5.26. The average molecular weight is 243 g/mol. The molecule has 0 saturated carbocycles. The lowest BCUT2D eigenvalue weighted by molar-refractivity contribution is -0.121. The highest BCUT2D eigenvalue weighted by Gasteiger charge is 2.14. The van der Waals surface area contributed by atoms with Crippen molar-refractivity contribution in [3.63, 3.8) is 0 Å². The normalized spacial score (nSPS) is 13.1. The van der Waals surface area contributed by atoms with Crippen LogP contribution < -0.4 is 10.6 Å². The van der Waals surface area contributed by atoms with E-state index in [1.54, 1.807) is 0 Å². The highest BCUT2D eigenvalue weighted by molar-refractivity contribution is 5.75. The first-order valence-corrected chi connectivity index (χ1v) is 6.55. The Labute approximate surface area is 106 Å². The maximum absolute atomic E-state index is 11.6. The minimum atomic E-state index is 0.163. The van der Waals surface area contributed by atoms with Crippen LogP contribution in [0.4, 0.5) is 0 Å². The van der Waals surface area contributed by atoms with Crippen LogP contribution in [-0.2, 0) is 4.79 Å². The van der Waals surface area contributed by atoms with Gasteiger partial charge in [-0.2, -0.15) is 0 Å². The summed E-state index contributed by atoms with van der Waals surface area (Å²) in [4.78, 5) is 13.8. The second kappa shape index (κ2) is 9.42. The van der Waals surface area contributed by atoms with E-state index in [0.717, 1.165) is 25.9 Å². The van der Waals surface area contributed by atoms with Gasteiger partial charge in [-0.1, -0.05) is 13.8 Å². The van der Waals surface area contributed by atoms with Gasteiger partial charge in [-0.15, -0.1) is 0 Å². The summed E-state index contributed by atoms with van der Waals surface area (Å²) < 4.78 is 0. The quantitative estimate of drug-likeness (QED) is 0.596.